The second kappa shape index (κ2) is 12.7. The number of aliphatic hydroxyl groups is 1. The maximum absolute atomic E-state index is 13.2. The van der Waals surface area contributed by atoms with Gasteiger partial charge in [-0.15, -0.1) is 0 Å². The minimum Gasteiger partial charge on any atom is -0.490 e. The van der Waals surface area contributed by atoms with Crippen molar-refractivity contribution in [3.8, 4) is 39.6 Å². The Morgan fingerprint density at radius 1 is 0.800 bits per heavy atom. The van der Waals surface area contributed by atoms with Gasteiger partial charge < -0.3 is 14.6 Å². The highest BCUT2D eigenvalue weighted by atomic mass is 16.5. The summed E-state index contributed by atoms with van der Waals surface area (Å²) in [4.78, 5) is 54.7. The Bertz CT molecular complexity index is 2180. The van der Waals surface area contributed by atoms with Gasteiger partial charge in [-0.05, 0) is 60.4 Å². The number of hydrogen-bond acceptors (Lipinski definition) is 9. The van der Waals surface area contributed by atoms with Crippen LogP contribution in [0.15, 0.2) is 91.4 Å². The Kier molecular flexibility index (Phi) is 7.92. The summed E-state index contributed by atoms with van der Waals surface area (Å²) in [5.41, 5.74) is 6.87. The number of aromatic nitrogens is 3. The minimum atomic E-state index is -1.29. The van der Waals surface area contributed by atoms with Gasteiger partial charge in [0.05, 0.1) is 11.3 Å². The van der Waals surface area contributed by atoms with Crippen molar-refractivity contribution in [1.82, 2.24) is 25.0 Å². The Balaban J connectivity index is 0.953. The number of nitrogens with zero attached hydrogens (tertiary/aromatic N) is 4. The molecule has 1 fully saturated rings. The predicted molar refractivity (Wildman–Crippen MR) is 180 cm³/mol. The molecule has 8 rings (SSSR count). The van der Waals surface area contributed by atoms with E-state index in [0.717, 1.165) is 50.5 Å². The molecular formula is C38H31N5O7. The Morgan fingerprint density at radius 2 is 1.60 bits per heavy atom. The van der Waals surface area contributed by atoms with Crippen LogP contribution in [-0.4, -0.2) is 67.5 Å². The third-order valence-electron chi connectivity index (χ3n) is 9.29. The van der Waals surface area contributed by atoms with E-state index in [1.54, 1.807) is 35.3 Å². The lowest BCUT2D eigenvalue weighted by molar-refractivity contribution is -0.139. The number of pyridine rings is 1. The van der Waals surface area contributed by atoms with Crippen LogP contribution in [0.5, 0.6) is 11.5 Å². The number of ketones is 1. The van der Waals surface area contributed by atoms with Crippen LogP contribution in [0.25, 0.3) is 28.1 Å². The van der Waals surface area contributed by atoms with Gasteiger partial charge in [0.25, 0.3) is 5.91 Å². The molecule has 2 atom stereocenters. The number of ether oxygens (including phenoxy) is 2. The topological polar surface area (TPSA) is 153 Å². The zero-order valence-corrected chi connectivity index (χ0v) is 26.7. The highest BCUT2D eigenvalue weighted by molar-refractivity contribution is 6.06. The Labute approximate surface area is 286 Å². The zero-order valence-electron chi connectivity index (χ0n) is 26.7. The van der Waals surface area contributed by atoms with Gasteiger partial charge in [-0.3, -0.25) is 34.4 Å². The molecule has 4 heterocycles. The number of nitrogens with one attached hydrogen (secondary N) is 1. The van der Waals surface area contributed by atoms with Gasteiger partial charge in [0.2, 0.25) is 11.8 Å². The standard InChI is InChI=1S/C38H31N5O7/c44-33-10-5-23-18-24(4-7-28(23)33)31-21-42(41-35(31)22-12-14-39-15-13-22)25-2-1-3-26(19-25)49-16-17-50-27-6-8-29-30(20-27)38(48)43(37(29)47)32-9-11-34(45)40-36(32)46/h1-4,6-8,12-15,18-21,32,37,47H,5,9-11,16-17H2,(H,40,45,46). The van der Waals surface area contributed by atoms with Crippen LogP contribution in [0.2, 0.25) is 0 Å². The number of rotatable bonds is 9. The first kappa shape index (κ1) is 31.1. The van der Waals surface area contributed by atoms with Crippen molar-refractivity contribution < 1.29 is 33.8 Å². The maximum atomic E-state index is 13.2. The molecule has 12 heteroatoms. The average Bonchev–Trinajstić information content (AvgIpc) is 3.81. The van der Waals surface area contributed by atoms with E-state index in [9.17, 15) is 24.3 Å². The number of Topliss-reactive ketones (excluding diaryl/α,β-unsaturated/α-hetero) is 1. The second-order valence-electron chi connectivity index (χ2n) is 12.4. The van der Waals surface area contributed by atoms with Crippen molar-refractivity contribution in [2.75, 3.05) is 13.2 Å². The average molecular weight is 670 g/mol. The van der Waals surface area contributed by atoms with Gasteiger partial charge in [-0.2, -0.15) is 5.10 Å². The molecule has 2 aromatic heterocycles. The first-order valence-electron chi connectivity index (χ1n) is 16.3. The molecule has 5 aromatic rings. The van der Waals surface area contributed by atoms with E-state index in [2.05, 4.69) is 16.4 Å². The molecule has 12 nitrogen and oxygen atoms in total. The number of fused-ring (bicyclic) bond motifs is 2. The molecule has 0 radical (unpaired) electrons. The number of carbonyl (C=O) groups is 4. The minimum absolute atomic E-state index is 0.0926. The van der Waals surface area contributed by atoms with E-state index in [0.29, 0.717) is 23.5 Å². The van der Waals surface area contributed by atoms with Crippen LogP contribution >= 0.6 is 0 Å². The third-order valence-corrected chi connectivity index (χ3v) is 9.29. The molecular weight excluding hydrogens is 638 g/mol. The summed E-state index contributed by atoms with van der Waals surface area (Å²) < 4.78 is 13.7. The quantitative estimate of drug-likeness (QED) is 0.171. The van der Waals surface area contributed by atoms with Gasteiger partial charge in [-0.25, -0.2) is 4.68 Å². The fourth-order valence-corrected chi connectivity index (χ4v) is 6.79. The molecule has 250 valence electrons. The maximum Gasteiger partial charge on any atom is 0.257 e. The second-order valence-corrected chi connectivity index (χ2v) is 12.4. The van der Waals surface area contributed by atoms with Crippen molar-refractivity contribution in [3.63, 3.8) is 0 Å². The fourth-order valence-electron chi connectivity index (χ4n) is 6.79. The van der Waals surface area contributed by atoms with Crippen LogP contribution in [0.4, 0.5) is 0 Å². The summed E-state index contributed by atoms with van der Waals surface area (Å²) >= 11 is 0. The predicted octanol–water partition coefficient (Wildman–Crippen LogP) is 4.44. The molecule has 2 N–H and O–H groups in total. The molecule has 2 unspecified atom stereocenters. The lowest BCUT2D eigenvalue weighted by Crippen LogP contribution is -2.53. The van der Waals surface area contributed by atoms with Crippen molar-refractivity contribution in [2.45, 2.75) is 38.0 Å². The van der Waals surface area contributed by atoms with Gasteiger partial charge in [0.15, 0.2) is 12.0 Å². The summed E-state index contributed by atoms with van der Waals surface area (Å²) in [6.07, 6.45) is 5.66. The fraction of sp³-hybridized carbons (Fsp3) is 0.211. The smallest absolute Gasteiger partial charge is 0.257 e. The summed E-state index contributed by atoms with van der Waals surface area (Å²) in [5.74, 6) is -0.294. The summed E-state index contributed by atoms with van der Waals surface area (Å²) in [6, 6.07) is 21.2. The summed E-state index contributed by atoms with van der Waals surface area (Å²) in [7, 11) is 0. The molecule has 3 aromatic carbocycles. The molecule has 0 saturated carbocycles. The van der Waals surface area contributed by atoms with E-state index in [-0.39, 0.29) is 37.4 Å². The summed E-state index contributed by atoms with van der Waals surface area (Å²) in [6.45, 7) is 0.384. The van der Waals surface area contributed by atoms with E-state index >= 15 is 0 Å². The number of carbonyl (C=O) groups excluding carboxylic acids is 4. The zero-order chi connectivity index (χ0) is 34.4. The molecule has 2 aliphatic heterocycles. The molecule has 0 spiro atoms. The van der Waals surface area contributed by atoms with E-state index < -0.39 is 30.0 Å². The van der Waals surface area contributed by atoms with Gasteiger partial charge in [0.1, 0.15) is 36.4 Å². The number of benzene rings is 3. The van der Waals surface area contributed by atoms with Crippen LogP contribution in [0, 0.1) is 0 Å². The number of hydrogen-bond donors (Lipinski definition) is 2. The van der Waals surface area contributed by atoms with Crippen LogP contribution in [0.1, 0.15) is 57.3 Å². The van der Waals surface area contributed by atoms with Crippen LogP contribution in [0.3, 0.4) is 0 Å². The van der Waals surface area contributed by atoms with Crippen molar-refractivity contribution in [1.29, 1.82) is 0 Å². The van der Waals surface area contributed by atoms with Crippen molar-refractivity contribution in [3.05, 3.63) is 114 Å². The number of aliphatic hydroxyl groups excluding tert-OH is 1. The number of amides is 3. The number of piperidine rings is 1. The van der Waals surface area contributed by atoms with E-state index in [1.165, 1.54) is 0 Å². The number of aryl methyl sites for hydroxylation is 1. The van der Waals surface area contributed by atoms with E-state index in [1.807, 2.05) is 54.7 Å². The first-order valence-corrected chi connectivity index (χ1v) is 16.3. The number of imide groups is 1. The Hall–Kier alpha value is -6.14. The lowest BCUT2D eigenvalue weighted by atomic mass is 9.98. The molecule has 50 heavy (non-hydrogen) atoms. The molecule has 1 aliphatic carbocycles. The van der Waals surface area contributed by atoms with Crippen LogP contribution in [-0.2, 0) is 16.0 Å². The molecule has 1 saturated heterocycles. The molecule has 3 aliphatic rings. The molecule has 0 bridgehead atoms. The van der Waals surface area contributed by atoms with Crippen LogP contribution < -0.4 is 14.8 Å². The van der Waals surface area contributed by atoms with Gasteiger partial charge >= 0.3 is 0 Å². The van der Waals surface area contributed by atoms with Crippen molar-refractivity contribution >= 4 is 23.5 Å². The van der Waals surface area contributed by atoms with Crippen molar-refractivity contribution in [2.24, 2.45) is 0 Å². The highest BCUT2D eigenvalue weighted by Crippen LogP contribution is 2.38. The monoisotopic (exact) mass is 669 g/mol. The SMILES string of the molecule is O=C1CCC(N2C(=O)c3cc(OCCOc4cccc(-n5cc(-c6ccc7c(c6)CCC7=O)c(-c6ccncc6)n5)c4)ccc3C2O)C(=O)N1. The Morgan fingerprint density at radius 3 is 2.40 bits per heavy atom. The van der Waals surface area contributed by atoms with E-state index in [4.69, 9.17) is 14.6 Å². The summed E-state index contributed by atoms with van der Waals surface area (Å²) in [5, 5.41) is 18.0. The first-order chi connectivity index (χ1) is 24.3. The normalized spacial score (nSPS) is 18.2. The lowest BCUT2D eigenvalue weighted by Gasteiger charge is -2.31. The largest absolute Gasteiger partial charge is 0.490 e. The molecule has 3 amide bonds. The highest BCUT2D eigenvalue weighted by Gasteiger charge is 2.44. The van der Waals surface area contributed by atoms with Gasteiger partial charge in [-0.1, -0.05) is 30.3 Å². The third kappa shape index (κ3) is 5.69. The van der Waals surface area contributed by atoms with Gasteiger partial charge in [0, 0.05) is 59.8 Å².